The van der Waals surface area contributed by atoms with Crippen molar-refractivity contribution >= 4 is 26.7 Å². The summed E-state index contributed by atoms with van der Waals surface area (Å²) in [6.07, 6.45) is 4.53. The summed E-state index contributed by atoms with van der Waals surface area (Å²) in [6.45, 7) is 5.15. The van der Waals surface area contributed by atoms with Gasteiger partial charge in [0.1, 0.15) is 0 Å². The van der Waals surface area contributed by atoms with Crippen molar-refractivity contribution in [3.8, 4) is 0 Å². The number of carbonyl (C=O) groups excluding carboxylic acids is 1. The van der Waals surface area contributed by atoms with Crippen LogP contribution in [0.3, 0.4) is 0 Å². The Labute approximate surface area is 173 Å². The molecule has 0 radical (unpaired) electrons. The van der Waals surface area contributed by atoms with E-state index in [4.69, 9.17) is 0 Å². The smallest absolute Gasteiger partial charge is 0.243 e. The monoisotopic (exact) mass is 417 g/mol. The van der Waals surface area contributed by atoms with Crippen LogP contribution < -0.4 is 5.32 Å². The maximum atomic E-state index is 13.0. The Morgan fingerprint density at radius 3 is 2.41 bits per heavy atom. The molecule has 1 N–H and O–H groups in total. The van der Waals surface area contributed by atoms with Crippen LogP contribution in [-0.4, -0.2) is 62.8 Å². The number of nitrogens with one attached hydrogen (secondary N) is 1. The Hall–Kier alpha value is -1.96. The molecule has 1 aliphatic heterocycles. The van der Waals surface area contributed by atoms with Gasteiger partial charge in [0.25, 0.3) is 0 Å². The summed E-state index contributed by atoms with van der Waals surface area (Å²) in [4.78, 5) is 14.4. The Morgan fingerprint density at radius 1 is 0.966 bits per heavy atom. The van der Waals surface area contributed by atoms with Gasteiger partial charge in [0.15, 0.2) is 0 Å². The molecule has 0 spiro atoms. The fourth-order valence-corrected chi connectivity index (χ4v) is 5.10. The molecule has 1 aliphatic rings. The van der Waals surface area contributed by atoms with E-state index in [9.17, 15) is 13.2 Å². The van der Waals surface area contributed by atoms with Gasteiger partial charge >= 0.3 is 0 Å². The number of carbonyl (C=O) groups is 1. The number of hydrogen-bond donors (Lipinski definition) is 1. The summed E-state index contributed by atoms with van der Waals surface area (Å²) in [5, 5.41) is 4.90. The summed E-state index contributed by atoms with van der Waals surface area (Å²) >= 11 is 0. The van der Waals surface area contributed by atoms with Crippen molar-refractivity contribution in [2.45, 2.75) is 37.5 Å². The normalized spacial score (nSPS) is 16.2. The van der Waals surface area contributed by atoms with Gasteiger partial charge in [0, 0.05) is 32.7 Å². The second kappa shape index (κ2) is 10.2. The highest BCUT2D eigenvalue weighted by molar-refractivity contribution is 7.89. The van der Waals surface area contributed by atoms with Crippen LogP contribution in [-0.2, 0) is 14.8 Å². The van der Waals surface area contributed by atoms with Crippen molar-refractivity contribution in [3.63, 3.8) is 0 Å². The predicted octanol–water partition coefficient (Wildman–Crippen LogP) is 2.84. The Bertz CT molecular complexity index is 922. The standard InChI is InChI=1S/C22H31N3O3S/c1-2-3-4-7-12-23-22(26)18-24-13-15-25(16-14-24)29(27,28)21-11-10-19-8-5-6-9-20(19)17-21/h5-6,8-11,17H,2-4,7,12-16,18H2,1H3,(H,23,26). The predicted molar refractivity (Wildman–Crippen MR) is 116 cm³/mol. The molecule has 7 heteroatoms. The van der Waals surface area contributed by atoms with Crippen LogP contribution in [0.4, 0.5) is 0 Å². The molecule has 0 aromatic heterocycles. The minimum atomic E-state index is -3.52. The number of unbranched alkanes of at least 4 members (excludes halogenated alkanes) is 3. The highest BCUT2D eigenvalue weighted by atomic mass is 32.2. The van der Waals surface area contributed by atoms with Crippen molar-refractivity contribution < 1.29 is 13.2 Å². The van der Waals surface area contributed by atoms with Gasteiger partial charge in [0.2, 0.25) is 15.9 Å². The van der Waals surface area contributed by atoms with Gasteiger partial charge in [0.05, 0.1) is 11.4 Å². The average molecular weight is 418 g/mol. The first-order valence-electron chi connectivity index (χ1n) is 10.5. The van der Waals surface area contributed by atoms with Crippen LogP contribution in [0.25, 0.3) is 10.8 Å². The Balaban J connectivity index is 1.50. The van der Waals surface area contributed by atoms with Crippen molar-refractivity contribution in [2.24, 2.45) is 0 Å². The van der Waals surface area contributed by atoms with Gasteiger partial charge in [-0.2, -0.15) is 4.31 Å². The van der Waals surface area contributed by atoms with E-state index < -0.39 is 10.0 Å². The topological polar surface area (TPSA) is 69.7 Å². The lowest BCUT2D eigenvalue weighted by atomic mass is 10.1. The average Bonchev–Trinajstić information content (AvgIpc) is 2.73. The second-order valence-corrected chi connectivity index (χ2v) is 9.54. The van der Waals surface area contributed by atoms with Crippen molar-refractivity contribution in [2.75, 3.05) is 39.3 Å². The van der Waals surface area contributed by atoms with Crippen LogP contribution >= 0.6 is 0 Å². The van der Waals surface area contributed by atoms with Gasteiger partial charge in [-0.25, -0.2) is 8.42 Å². The molecule has 6 nitrogen and oxygen atoms in total. The third-order valence-electron chi connectivity index (χ3n) is 5.41. The number of sulfonamides is 1. The van der Waals surface area contributed by atoms with Gasteiger partial charge < -0.3 is 5.32 Å². The van der Waals surface area contributed by atoms with Gasteiger partial charge in [-0.05, 0) is 29.3 Å². The maximum Gasteiger partial charge on any atom is 0.243 e. The molecule has 0 bridgehead atoms. The SMILES string of the molecule is CCCCCCNC(=O)CN1CCN(S(=O)(=O)c2ccc3ccccc3c2)CC1. The zero-order chi connectivity index (χ0) is 20.7. The molecule has 1 fully saturated rings. The molecular weight excluding hydrogens is 386 g/mol. The molecule has 0 unspecified atom stereocenters. The molecule has 0 atom stereocenters. The van der Waals surface area contributed by atoms with E-state index in [2.05, 4.69) is 12.2 Å². The third-order valence-corrected chi connectivity index (χ3v) is 7.30. The van der Waals surface area contributed by atoms with Gasteiger partial charge in [-0.3, -0.25) is 9.69 Å². The number of benzene rings is 2. The molecule has 3 rings (SSSR count). The minimum absolute atomic E-state index is 0.0207. The van der Waals surface area contributed by atoms with E-state index in [1.54, 1.807) is 12.1 Å². The quantitative estimate of drug-likeness (QED) is 0.637. The van der Waals surface area contributed by atoms with Gasteiger partial charge in [-0.1, -0.05) is 56.5 Å². The van der Waals surface area contributed by atoms with E-state index in [1.165, 1.54) is 17.1 Å². The first-order chi connectivity index (χ1) is 14.0. The highest BCUT2D eigenvalue weighted by Crippen LogP contribution is 2.22. The van der Waals surface area contributed by atoms with E-state index in [1.807, 2.05) is 35.2 Å². The zero-order valence-electron chi connectivity index (χ0n) is 17.1. The molecule has 0 saturated carbocycles. The van der Waals surface area contributed by atoms with Gasteiger partial charge in [-0.15, -0.1) is 0 Å². The summed E-state index contributed by atoms with van der Waals surface area (Å²) in [5.74, 6) is 0.0207. The van der Waals surface area contributed by atoms with Crippen LogP contribution in [0.2, 0.25) is 0 Å². The van der Waals surface area contributed by atoms with E-state index in [0.717, 1.165) is 30.2 Å². The molecule has 2 aromatic rings. The second-order valence-electron chi connectivity index (χ2n) is 7.60. The van der Waals surface area contributed by atoms with E-state index in [0.29, 0.717) is 37.6 Å². The molecule has 1 amide bonds. The first-order valence-corrected chi connectivity index (χ1v) is 11.9. The summed E-state index contributed by atoms with van der Waals surface area (Å²) < 4.78 is 27.6. The van der Waals surface area contributed by atoms with Crippen molar-refractivity contribution in [1.29, 1.82) is 0 Å². The number of nitrogens with zero attached hydrogens (tertiary/aromatic N) is 2. The Morgan fingerprint density at radius 2 is 1.69 bits per heavy atom. The molecule has 158 valence electrons. The van der Waals surface area contributed by atoms with Crippen LogP contribution in [0, 0.1) is 0 Å². The lowest BCUT2D eigenvalue weighted by Gasteiger charge is -2.33. The highest BCUT2D eigenvalue weighted by Gasteiger charge is 2.29. The zero-order valence-corrected chi connectivity index (χ0v) is 18.0. The fourth-order valence-electron chi connectivity index (χ4n) is 3.64. The third kappa shape index (κ3) is 5.78. The first kappa shape index (κ1) is 21.7. The number of piperazine rings is 1. The van der Waals surface area contributed by atoms with E-state index in [-0.39, 0.29) is 5.91 Å². The minimum Gasteiger partial charge on any atom is -0.355 e. The largest absolute Gasteiger partial charge is 0.355 e. The number of fused-ring (bicyclic) bond motifs is 1. The Kier molecular flexibility index (Phi) is 7.64. The molecule has 29 heavy (non-hydrogen) atoms. The number of hydrogen-bond acceptors (Lipinski definition) is 4. The number of rotatable bonds is 9. The van der Waals surface area contributed by atoms with Crippen LogP contribution in [0.1, 0.15) is 32.6 Å². The van der Waals surface area contributed by atoms with Crippen molar-refractivity contribution in [1.82, 2.24) is 14.5 Å². The summed E-state index contributed by atoms with van der Waals surface area (Å²) in [6, 6.07) is 13.0. The fraction of sp³-hybridized carbons (Fsp3) is 0.500. The molecule has 2 aromatic carbocycles. The lowest BCUT2D eigenvalue weighted by molar-refractivity contribution is -0.122. The van der Waals surface area contributed by atoms with E-state index >= 15 is 0 Å². The van der Waals surface area contributed by atoms with Crippen molar-refractivity contribution in [3.05, 3.63) is 42.5 Å². The molecule has 1 saturated heterocycles. The van der Waals surface area contributed by atoms with Crippen LogP contribution in [0.15, 0.2) is 47.4 Å². The lowest BCUT2D eigenvalue weighted by Crippen LogP contribution is -2.51. The molecule has 1 heterocycles. The summed E-state index contributed by atoms with van der Waals surface area (Å²) in [7, 11) is -3.52. The number of amides is 1. The van der Waals surface area contributed by atoms with Crippen LogP contribution in [0.5, 0.6) is 0 Å². The summed E-state index contributed by atoms with van der Waals surface area (Å²) in [5.41, 5.74) is 0. The maximum absolute atomic E-state index is 13.0. The molecule has 0 aliphatic carbocycles. The molecular formula is C22H31N3O3S.